The average molecular weight is 224 g/mol. The summed E-state index contributed by atoms with van der Waals surface area (Å²) in [6, 6.07) is 7.08. The van der Waals surface area contributed by atoms with Crippen LogP contribution in [-0.2, 0) is 16.0 Å². The molecule has 0 fully saturated rings. The number of hydrogen-bond donors (Lipinski definition) is 2. The van der Waals surface area contributed by atoms with Crippen LogP contribution in [0.5, 0.6) is 0 Å². The lowest BCUT2D eigenvalue weighted by Crippen LogP contribution is -2.28. The van der Waals surface area contributed by atoms with Gasteiger partial charge in [-0.25, -0.2) is 4.79 Å². The van der Waals surface area contributed by atoms with Crippen LogP contribution in [0.3, 0.4) is 0 Å². The highest BCUT2D eigenvalue weighted by Gasteiger charge is 2.26. The maximum absolute atomic E-state index is 11.0. The van der Waals surface area contributed by atoms with Gasteiger partial charge in [0.15, 0.2) is 6.10 Å². The fourth-order valence-corrected chi connectivity index (χ4v) is 1.38. The van der Waals surface area contributed by atoms with E-state index in [1.807, 2.05) is 19.1 Å². The Kier molecular flexibility index (Phi) is 4.46. The van der Waals surface area contributed by atoms with Gasteiger partial charge in [0.1, 0.15) is 6.10 Å². The monoisotopic (exact) mass is 224 g/mol. The molecule has 0 aliphatic carbocycles. The molecule has 2 atom stereocenters. The van der Waals surface area contributed by atoms with Crippen molar-refractivity contribution < 1.29 is 19.7 Å². The summed E-state index contributed by atoms with van der Waals surface area (Å²) in [7, 11) is 1.17. The standard InChI is InChI=1S/C12H16O4/c1-3-8-4-6-9(7-5-8)10(13)11(14)12(15)16-2/h4-7,10-11,13-14H,3H2,1-2H3. The maximum Gasteiger partial charge on any atom is 0.337 e. The predicted molar refractivity (Wildman–Crippen MR) is 58.8 cm³/mol. The molecule has 0 aromatic heterocycles. The maximum atomic E-state index is 11.0. The molecule has 0 radical (unpaired) electrons. The van der Waals surface area contributed by atoms with E-state index in [1.165, 1.54) is 7.11 Å². The summed E-state index contributed by atoms with van der Waals surface area (Å²) in [6.07, 6.45) is -1.90. The number of carbonyl (C=O) groups excluding carboxylic acids is 1. The lowest BCUT2D eigenvalue weighted by Gasteiger charge is -2.16. The van der Waals surface area contributed by atoms with Gasteiger partial charge in [0.25, 0.3) is 0 Å². The van der Waals surface area contributed by atoms with Gasteiger partial charge in [-0.15, -0.1) is 0 Å². The van der Waals surface area contributed by atoms with Crippen LogP contribution >= 0.6 is 0 Å². The fraction of sp³-hybridized carbons (Fsp3) is 0.417. The van der Waals surface area contributed by atoms with Crippen molar-refractivity contribution in [2.45, 2.75) is 25.6 Å². The van der Waals surface area contributed by atoms with Crippen LogP contribution in [0.15, 0.2) is 24.3 Å². The smallest absolute Gasteiger partial charge is 0.337 e. The van der Waals surface area contributed by atoms with Gasteiger partial charge in [-0.2, -0.15) is 0 Å². The van der Waals surface area contributed by atoms with E-state index in [-0.39, 0.29) is 0 Å². The molecule has 0 spiro atoms. The number of esters is 1. The third-order valence-corrected chi connectivity index (χ3v) is 2.47. The molecular weight excluding hydrogens is 208 g/mol. The van der Waals surface area contributed by atoms with Crippen molar-refractivity contribution in [1.82, 2.24) is 0 Å². The van der Waals surface area contributed by atoms with E-state index in [2.05, 4.69) is 4.74 Å². The number of methoxy groups -OCH3 is 1. The zero-order chi connectivity index (χ0) is 12.1. The van der Waals surface area contributed by atoms with Gasteiger partial charge in [-0.05, 0) is 17.5 Å². The zero-order valence-electron chi connectivity index (χ0n) is 9.38. The third kappa shape index (κ3) is 2.81. The van der Waals surface area contributed by atoms with Crippen LogP contribution in [0.1, 0.15) is 24.2 Å². The Labute approximate surface area is 94.5 Å². The third-order valence-electron chi connectivity index (χ3n) is 2.47. The highest BCUT2D eigenvalue weighted by Crippen LogP contribution is 2.18. The van der Waals surface area contributed by atoms with E-state index in [0.717, 1.165) is 12.0 Å². The molecule has 4 nitrogen and oxygen atoms in total. The van der Waals surface area contributed by atoms with Gasteiger partial charge >= 0.3 is 5.97 Å². The molecule has 0 aliphatic rings. The quantitative estimate of drug-likeness (QED) is 0.743. The van der Waals surface area contributed by atoms with E-state index in [1.54, 1.807) is 12.1 Å². The molecule has 0 saturated heterocycles. The predicted octanol–water partition coefficient (Wildman–Crippen LogP) is 0.816. The molecule has 0 aliphatic heterocycles. The Morgan fingerprint density at radius 1 is 1.31 bits per heavy atom. The van der Waals surface area contributed by atoms with Gasteiger partial charge in [0, 0.05) is 0 Å². The first-order valence-corrected chi connectivity index (χ1v) is 5.13. The van der Waals surface area contributed by atoms with E-state index in [0.29, 0.717) is 5.56 Å². The summed E-state index contributed by atoms with van der Waals surface area (Å²) in [4.78, 5) is 11.0. The summed E-state index contributed by atoms with van der Waals surface area (Å²) < 4.78 is 4.35. The topological polar surface area (TPSA) is 66.8 Å². The highest BCUT2D eigenvalue weighted by molar-refractivity contribution is 5.75. The van der Waals surface area contributed by atoms with Gasteiger partial charge in [-0.1, -0.05) is 31.2 Å². The summed E-state index contributed by atoms with van der Waals surface area (Å²) in [5.41, 5.74) is 1.62. The molecule has 0 bridgehead atoms. The number of hydrogen-bond acceptors (Lipinski definition) is 4. The summed E-state index contributed by atoms with van der Waals surface area (Å²) in [5.74, 6) is -0.841. The first kappa shape index (κ1) is 12.7. The number of ether oxygens (including phenoxy) is 1. The van der Waals surface area contributed by atoms with Crippen LogP contribution in [0.25, 0.3) is 0 Å². The minimum Gasteiger partial charge on any atom is -0.467 e. The van der Waals surface area contributed by atoms with E-state index >= 15 is 0 Å². The highest BCUT2D eigenvalue weighted by atomic mass is 16.5. The second kappa shape index (κ2) is 5.63. The molecule has 0 amide bonds. The van der Waals surface area contributed by atoms with Crippen LogP contribution in [0, 0.1) is 0 Å². The Morgan fingerprint density at radius 3 is 2.31 bits per heavy atom. The molecule has 2 unspecified atom stereocenters. The summed E-state index contributed by atoms with van der Waals surface area (Å²) in [6.45, 7) is 2.02. The molecule has 0 heterocycles. The van der Waals surface area contributed by atoms with Crippen molar-refractivity contribution in [2.75, 3.05) is 7.11 Å². The number of benzene rings is 1. The number of aliphatic hydroxyl groups is 2. The second-order valence-electron chi connectivity index (χ2n) is 3.51. The first-order chi connectivity index (χ1) is 7.60. The molecule has 4 heteroatoms. The first-order valence-electron chi connectivity index (χ1n) is 5.13. The van der Waals surface area contributed by atoms with Crippen molar-refractivity contribution in [3.05, 3.63) is 35.4 Å². The average Bonchev–Trinajstić information content (AvgIpc) is 2.36. The van der Waals surface area contributed by atoms with Crippen LogP contribution in [-0.4, -0.2) is 29.4 Å². The molecule has 1 aromatic carbocycles. The molecule has 1 rings (SSSR count). The number of aliphatic hydroxyl groups excluding tert-OH is 2. The van der Waals surface area contributed by atoms with Gasteiger partial charge in [-0.3, -0.25) is 0 Å². The molecule has 16 heavy (non-hydrogen) atoms. The molecule has 88 valence electrons. The minimum atomic E-state index is -1.54. The molecular formula is C12H16O4. The van der Waals surface area contributed by atoms with E-state index in [9.17, 15) is 15.0 Å². The number of aryl methyl sites for hydroxylation is 1. The van der Waals surface area contributed by atoms with Crippen LogP contribution in [0.2, 0.25) is 0 Å². The Hall–Kier alpha value is -1.39. The Bertz CT molecular complexity index is 345. The fourth-order valence-electron chi connectivity index (χ4n) is 1.38. The minimum absolute atomic E-state index is 0.495. The summed E-state index contributed by atoms with van der Waals surface area (Å²) in [5, 5.41) is 19.1. The van der Waals surface area contributed by atoms with Crippen molar-refractivity contribution in [1.29, 1.82) is 0 Å². The SMILES string of the molecule is CCc1ccc(C(O)C(O)C(=O)OC)cc1. The van der Waals surface area contributed by atoms with Gasteiger partial charge < -0.3 is 14.9 Å². The number of carbonyl (C=O) groups is 1. The van der Waals surface area contributed by atoms with E-state index < -0.39 is 18.2 Å². The summed E-state index contributed by atoms with van der Waals surface area (Å²) >= 11 is 0. The second-order valence-corrected chi connectivity index (χ2v) is 3.51. The molecule has 2 N–H and O–H groups in total. The van der Waals surface area contributed by atoms with Crippen LogP contribution < -0.4 is 0 Å². The van der Waals surface area contributed by atoms with Crippen molar-refractivity contribution >= 4 is 5.97 Å². The zero-order valence-corrected chi connectivity index (χ0v) is 9.38. The van der Waals surface area contributed by atoms with Crippen molar-refractivity contribution in [3.8, 4) is 0 Å². The lowest BCUT2D eigenvalue weighted by atomic mass is 10.0. The van der Waals surface area contributed by atoms with E-state index in [4.69, 9.17) is 0 Å². The molecule has 1 aromatic rings. The van der Waals surface area contributed by atoms with Gasteiger partial charge in [0.2, 0.25) is 0 Å². The Balaban J connectivity index is 2.79. The van der Waals surface area contributed by atoms with Crippen LogP contribution in [0.4, 0.5) is 0 Å². The Morgan fingerprint density at radius 2 is 1.88 bits per heavy atom. The molecule has 0 saturated carbocycles. The largest absolute Gasteiger partial charge is 0.467 e. The number of rotatable bonds is 4. The van der Waals surface area contributed by atoms with Crippen molar-refractivity contribution in [3.63, 3.8) is 0 Å². The normalized spacial score (nSPS) is 14.2. The van der Waals surface area contributed by atoms with Crippen molar-refractivity contribution in [2.24, 2.45) is 0 Å². The van der Waals surface area contributed by atoms with Gasteiger partial charge in [0.05, 0.1) is 7.11 Å². The lowest BCUT2D eigenvalue weighted by molar-refractivity contribution is -0.156.